The molecule has 1 fully saturated rings. The van der Waals surface area contributed by atoms with Gasteiger partial charge in [0.1, 0.15) is 18.1 Å². The Morgan fingerprint density at radius 3 is 2.35 bits per heavy atom. The number of hydrogen-bond donors (Lipinski definition) is 4. The summed E-state index contributed by atoms with van der Waals surface area (Å²) in [7, 11) is 1.49. The van der Waals surface area contributed by atoms with Crippen LogP contribution in [0.15, 0.2) is 85.3 Å². The highest BCUT2D eigenvalue weighted by Crippen LogP contribution is 2.20. The van der Waals surface area contributed by atoms with Gasteiger partial charge in [-0.1, -0.05) is 48.5 Å². The van der Waals surface area contributed by atoms with Crippen LogP contribution >= 0.6 is 0 Å². The number of nitrogens with one attached hydrogen (secondary N) is 4. The van der Waals surface area contributed by atoms with E-state index >= 15 is 0 Å². The Labute approximate surface area is 266 Å². The molecule has 2 aromatic carbocycles. The average Bonchev–Trinajstić information content (AvgIpc) is 3.48. The van der Waals surface area contributed by atoms with Crippen molar-refractivity contribution in [1.82, 2.24) is 35.7 Å². The summed E-state index contributed by atoms with van der Waals surface area (Å²) in [6.07, 6.45) is 5.10. The third kappa shape index (κ3) is 7.57. The van der Waals surface area contributed by atoms with Gasteiger partial charge in [0, 0.05) is 68.0 Å². The van der Waals surface area contributed by atoms with Gasteiger partial charge >= 0.3 is 0 Å². The summed E-state index contributed by atoms with van der Waals surface area (Å²) in [6, 6.07) is 17.0. The molecule has 0 bridgehead atoms. The van der Waals surface area contributed by atoms with E-state index in [4.69, 9.17) is 0 Å². The molecule has 1 aliphatic heterocycles. The van der Waals surface area contributed by atoms with Gasteiger partial charge in [0.05, 0.1) is 6.54 Å². The second-order valence-electron chi connectivity index (χ2n) is 11.3. The van der Waals surface area contributed by atoms with E-state index in [1.54, 1.807) is 25.3 Å². The first kappa shape index (κ1) is 31.9. The molecule has 5 rings (SSSR count). The summed E-state index contributed by atoms with van der Waals surface area (Å²) in [5, 5.41) is 9.34. The van der Waals surface area contributed by atoms with Crippen LogP contribution in [0.5, 0.6) is 0 Å². The molecule has 0 spiro atoms. The smallest absolute Gasteiger partial charge is 0.254 e. The minimum Gasteiger partial charge on any atom is -0.361 e. The molecule has 238 valence electrons. The molecule has 2 aromatic heterocycles. The lowest BCUT2D eigenvalue weighted by Gasteiger charge is -2.30. The van der Waals surface area contributed by atoms with Crippen molar-refractivity contribution in [3.63, 3.8) is 0 Å². The van der Waals surface area contributed by atoms with Crippen LogP contribution in [0.4, 0.5) is 0 Å². The summed E-state index contributed by atoms with van der Waals surface area (Å²) < 4.78 is 0. The highest BCUT2D eigenvalue weighted by atomic mass is 16.2. The Hall–Kier alpha value is -5.52. The van der Waals surface area contributed by atoms with Gasteiger partial charge < -0.3 is 30.7 Å². The fourth-order valence-electron chi connectivity index (χ4n) is 5.46. The number of carbonyl (C=O) groups is 5. The molecule has 4 N–H and O–H groups in total. The topological polar surface area (TPSA) is 157 Å². The zero-order chi connectivity index (χ0) is 32.6. The van der Waals surface area contributed by atoms with Gasteiger partial charge in [0.15, 0.2) is 0 Å². The molecule has 1 saturated heterocycles. The van der Waals surface area contributed by atoms with Crippen LogP contribution in [0.1, 0.15) is 28.4 Å². The first-order valence-corrected chi connectivity index (χ1v) is 15.1. The lowest BCUT2D eigenvalue weighted by molar-refractivity contribution is -0.142. The molecule has 1 aliphatic rings. The van der Waals surface area contributed by atoms with E-state index in [1.165, 1.54) is 29.2 Å². The van der Waals surface area contributed by atoms with Gasteiger partial charge in [-0.05, 0) is 36.2 Å². The van der Waals surface area contributed by atoms with E-state index < -0.39 is 47.7 Å². The summed E-state index contributed by atoms with van der Waals surface area (Å²) >= 11 is 0. The number of rotatable bonds is 5. The van der Waals surface area contributed by atoms with E-state index in [0.717, 1.165) is 22.0 Å². The van der Waals surface area contributed by atoms with Crippen LogP contribution in [-0.2, 0) is 32.0 Å². The van der Waals surface area contributed by atoms with E-state index in [9.17, 15) is 24.0 Å². The number of aromatic nitrogens is 2. The van der Waals surface area contributed by atoms with Crippen molar-refractivity contribution in [3.8, 4) is 0 Å². The molecule has 46 heavy (non-hydrogen) atoms. The first-order valence-electron chi connectivity index (χ1n) is 15.1. The van der Waals surface area contributed by atoms with Crippen LogP contribution in [0.25, 0.3) is 10.9 Å². The van der Waals surface area contributed by atoms with Gasteiger partial charge in [-0.2, -0.15) is 0 Å². The Bertz CT molecular complexity index is 1710. The second kappa shape index (κ2) is 14.5. The summed E-state index contributed by atoms with van der Waals surface area (Å²) in [4.78, 5) is 77.6. The maximum Gasteiger partial charge on any atom is 0.254 e. The van der Waals surface area contributed by atoms with E-state index in [-0.39, 0.29) is 32.5 Å². The number of fused-ring (bicyclic) bond motifs is 1. The second-order valence-corrected chi connectivity index (χ2v) is 11.3. The summed E-state index contributed by atoms with van der Waals surface area (Å²) in [5.41, 5.74) is 2.84. The standard InChI is InChI=1S/C34H37N7O5/c1-22-31(43)39-28(18-23-8-4-3-5-9-23)32(44)36-16-17-41(33(45)24-12-14-35-15-13-24)21-30(42)38-29(34(46)40(22)2)19-25-20-37-27-11-7-6-10-26(25)27/h3-15,20,22,28-29,37H,16-19,21H2,1-2H3,(H,36,44)(H,38,42)(H,39,43)/t22-,28-,29-/m0/s1. The maximum absolute atomic E-state index is 14.0. The Balaban J connectivity index is 1.47. The van der Waals surface area contributed by atoms with Crippen molar-refractivity contribution in [1.29, 1.82) is 0 Å². The van der Waals surface area contributed by atoms with E-state index in [1.807, 2.05) is 54.6 Å². The number of H-pyrrole nitrogens is 1. The van der Waals surface area contributed by atoms with E-state index in [0.29, 0.717) is 5.56 Å². The largest absolute Gasteiger partial charge is 0.361 e. The molecule has 0 radical (unpaired) electrons. The highest BCUT2D eigenvalue weighted by molar-refractivity contribution is 5.98. The average molecular weight is 624 g/mol. The zero-order valence-electron chi connectivity index (χ0n) is 25.7. The fraction of sp³-hybridized carbons (Fsp3) is 0.294. The van der Waals surface area contributed by atoms with Crippen molar-refractivity contribution >= 4 is 40.4 Å². The van der Waals surface area contributed by atoms with Crippen molar-refractivity contribution < 1.29 is 24.0 Å². The van der Waals surface area contributed by atoms with Gasteiger partial charge in [-0.3, -0.25) is 29.0 Å². The lowest BCUT2D eigenvalue weighted by Crippen LogP contribution is -2.57. The molecule has 12 heteroatoms. The Morgan fingerprint density at radius 1 is 0.870 bits per heavy atom. The van der Waals surface area contributed by atoms with E-state index in [2.05, 4.69) is 25.9 Å². The molecule has 3 heterocycles. The zero-order valence-corrected chi connectivity index (χ0v) is 25.7. The number of likely N-dealkylation sites (N-methyl/N-ethyl adjacent to an activating group) is 1. The predicted octanol–water partition coefficient (Wildman–Crippen LogP) is 1.44. The fourth-order valence-corrected chi connectivity index (χ4v) is 5.46. The number of benzene rings is 2. The number of aromatic amines is 1. The predicted molar refractivity (Wildman–Crippen MR) is 171 cm³/mol. The van der Waals surface area contributed by atoms with Crippen molar-refractivity contribution in [2.75, 3.05) is 26.7 Å². The van der Waals surface area contributed by atoms with Gasteiger partial charge in [-0.15, -0.1) is 0 Å². The normalized spacial score (nSPS) is 20.3. The van der Waals surface area contributed by atoms with Gasteiger partial charge in [-0.25, -0.2) is 0 Å². The molecule has 5 amide bonds. The Kier molecular flexibility index (Phi) is 10.1. The number of amides is 5. The molecule has 4 aromatic rings. The lowest BCUT2D eigenvalue weighted by atomic mass is 10.0. The van der Waals surface area contributed by atoms with Crippen molar-refractivity contribution in [2.45, 2.75) is 37.9 Å². The van der Waals surface area contributed by atoms with Crippen molar-refractivity contribution in [2.24, 2.45) is 0 Å². The summed E-state index contributed by atoms with van der Waals surface area (Å²) in [5.74, 6) is -2.46. The molecular weight excluding hydrogens is 586 g/mol. The van der Waals surface area contributed by atoms with Crippen LogP contribution in [-0.4, -0.2) is 94.1 Å². The molecule has 12 nitrogen and oxygen atoms in total. The van der Waals surface area contributed by atoms with Crippen LogP contribution in [0, 0.1) is 0 Å². The molecular formula is C34H37N7O5. The SMILES string of the molecule is C[C@H]1C(=O)N[C@@H](Cc2ccccc2)C(=O)NCCN(C(=O)c2ccncc2)CC(=O)N[C@@H](Cc2c[nH]c3ccccc23)C(=O)N1C. The van der Waals surface area contributed by atoms with Crippen molar-refractivity contribution in [3.05, 3.63) is 102 Å². The molecule has 0 unspecified atom stereocenters. The van der Waals surface area contributed by atoms with Crippen LogP contribution in [0.3, 0.4) is 0 Å². The third-order valence-electron chi connectivity index (χ3n) is 8.19. The number of pyridine rings is 1. The summed E-state index contributed by atoms with van der Waals surface area (Å²) in [6.45, 7) is 1.24. The minimum absolute atomic E-state index is 0.00366. The Morgan fingerprint density at radius 2 is 1.59 bits per heavy atom. The van der Waals surface area contributed by atoms with Gasteiger partial charge in [0.2, 0.25) is 23.6 Å². The monoisotopic (exact) mass is 623 g/mol. The number of nitrogens with zero attached hydrogens (tertiary/aromatic N) is 3. The first-order chi connectivity index (χ1) is 22.2. The minimum atomic E-state index is -1.05. The number of hydrogen-bond acceptors (Lipinski definition) is 6. The molecule has 3 atom stereocenters. The quantitative estimate of drug-likeness (QED) is 0.264. The molecule has 0 saturated carbocycles. The number of para-hydroxylation sites is 1. The van der Waals surface area contributed by atoms with Crippen LogP contribution < -0.4 is 16.0 Å². The van der Waals surface area contributed by atoms with Gasteiger partial charge in [0.25, 0.3) is 5.91 Å². The molecule has 0 aliphatic carbocycles. The highest BCUT2D eigenvalue weighted by Gasteiger charge is 2.33. The maximum atomic E-state index is 14.0. The van der Waals surface area contributed by atoms with Crippen LogP contribution in [0.2, 0.25) is 0 Å². The number of carbonyl (C=O) groups excluding carboxylic acids is 5. The third-order valence-corrected chi connectivity index (χ3v) is 8.19.